The second-order valence-corrected chi connectivity index (χ2v) is 7.25. The molecule has 0 saturated carbocycles. The van der Waals surface area contributed by atoms with E-state index < -0.39 is 22.6 Å². The summed E-state index contributed by atoms with van der Waals surface area (Å²) in [5.74, 6) is -1.54. The third-order valence-electron chi connectivity index (χ3n) is 3.78. The monoisotopic (exact) mass is 391 g/mol. The lowest BCUT2D eigenvalue weighted by atomic mass is 10.2. The molecule has 0 amide bonds. The van der Waals surface area contributed by atoms with E-state index in [4.69, 9.17) is 0 Å². The van der Waals surface area contributed by atoms with E-state index in [2.05, 4.69) is 5.32 Å². The molecule has 9 heteroatoms. The zero-order chi connectivity index (χ0) is 17.3. The first kappa shape index (κ1) is 19.7. The van der Waals surface area contributed by atoms with Crippen LogP contribution in [0.5, 0.6) is 0 Å². The summed E-state index contributed by atoms with van der Waals surface area (Å²) >= 11 is 0. The van der Waals surface area contributed by atoms with E-state index in [9.17, 15) is 17.9 Å². The van der Waals surface area contributed by atoms with Gasteiger partial charge in [-0.3, -0.25) is 13.4 Å². The van der Waals surface area contributed by atoms with Crippen LogP contribution in [0.15, 0.2) is 42.5 Å². The van der Waals surface area contributed by atoms with Crippen LogP contribution in [0.2, 0.25) is 0 Å². The number of fused-ring (bicyclic) bond motifs is 1. The maximum Gasteiger partial charge on any atom is 0.128 e. The van der Waals surface area contributed by atoms with E-state index in [1.807, 2.05) is 7.05 Å². The first-order chi connectivity index (χ1) is 11.4. The Labute approximate surface area is 153 Å². The molecule has 2 aromatic rings. The van der Waals surface area contributed by atoms with E-state index in [1.54, 1.807) is 24.3 Å². The molecule has 3 N–H and O–H groups in total. The van der Waals surface area contributed by atoms with Crippen LogP contribution < -0.4 is 13.9 Å². The van der Waals surface area contributed by atoms with Crippen LogP contribution in [0.3, 0.4) is 0 Å². The van der Waals surface area contributed by atoms with Crippen LogP contribution >= 0.6 is 23.4 Å². The summed E-state index contributed by atoms with van der Waals surface area (Å²) < 4.78 is 51.5. The standard InChI is InChI=1S/C16H19F2N3O2S.ClH/c1-19-7-4-8-20-15-5-2-3-6-16(15)21(24(20,22)23)14-10-12(17)9-13(18)11-14;/h2-3,5-6,9-11,19,22-23H,4,7-8H2,1H3;1H. The highest BCUT2D eigenvalue weighted by Gasteiger charge is 2.41. The van der Waals surface area contributed by atoms with Gasteiger partial charge in [0.25, 0.3) is 0 Å². The minimum absolute atomic E-state index is 0. The van der Waals surface area contributed by atoms with Crippen molar-refractivity contribution >= 4 is 40.4 Å². The molecule has 25 heavy (non-hydrogen) atoms. The molecule has 0 spiro atoms. The van der Waals surface area contributed by atoms with Gasteiger partial charge in [0.2, 0.25) is 0 Å². The Morgan fingerprint density at radius 3 is 2.24 bits per heavy atom. The van der Waals surface area contributed by atoms with Crippen LogP contribution in [0.4, 0.5) is 25.8 Å². The summed E-state index contributed by atoms with van der Waals surface area (Å²) in [5, 5.41) is 3.01. The van der Waals surface area contributed by atoms with E-state index in [1.165, 1.54) is 8.61 Å². The SMILES string of the molecule is CNCCCN1c2ccccc2N(c2cc(F)cc(F)c2)S1(O)O.Cl. The second-order valence-electron chi connectivity index (χ2n) is 5.46. The highest BCUT2D eigenvalue weighted by Crippen LogP contribution is 2.64. The molecule has 0 radical (unpaired) electrons. The van der Waals surface area contributed by atoms with Gasteiger partial charge >= 0.3 is 0 Å². The smallest absolute Gasteiger partial charge is 0.128 e. The first-order valence-corrected chi connectivity index (χ1v) is 8.97. The van der Waals surface area contributed by atoms with Gasteiger partial charge in [-0.2, -0.15) is 0 Å². The molecular formula is C16H20ClF2N3O2S. The number of halogens is 3. The van der Waals surface area contributed by atoms with Crippen molar-refractivity contribution in [3.63, 3.8) is 0 Å². The first-order valence-electron chi connectivity index (χ1n) is 7.51. The van der Waals surface area contributed by atoms with Gasteiger partial charge in [0, 0.05) is 12.6 Å². The molecule has 1 aliphatic heterocycles. The average Bonchev–Trinajstić information content (AvgIpc) is 2.73. The highest BCUT2D eigenvalue weighted by molar-refractivity contribution is 8.27. The van der Waals surface area contributed by atoms with Crippen molar-refractivity contribution in [3.8, 4) is 0 Å². The van der Waals surface area contributed by atoms with Crippen LogP contribution in [0.25, 0.3) is 0 Å². The molecule has 2 aromatic carbocycles. The third kappa shape index (κ3) is 3.68. The number of hydrogen-bond acceptors (Lipinski definition) is 5. The molecule has 0 atom stereocenters. The molecule has 0 fully saturated rings. The van der Waals surface area contributed by atoms with Crippen molar-refractivity contribution < 1.29 is 17.9 Å². The summed E-state index contributed by atoms with van der Waals surface area (Å²) in [6, 6.07) is 9.92. The number of nitrogens with zero attached hydrogens (tertiary/aromatic N) is 2. The summed E-state index contributed by atoms with van der Waals surface area (Å²) in [5.41, 5.74) is 1.20. The maximum absolute atomic E-state index is 13.6. The topological polar surface area (TPSA) is 59.0 Å². The van der Waals surface area contributed by atoms with E-state index in [0.717, 1.165) is 18.2 Å². The van der Waals surface area contributed by atoms with Gasteiger partial charge in [0.05, 0.1) is 17.1 Å². The summed E-state index contributed by atoms with van der Waals surface area (Å²) in [4.78, 5) is 0. The number of benzene rings is 2. The molecule has 0 aromatic heterocycles. The highest BCUT2D eigenvalue weighted by atomic mass is 35.5. The molecule has 0 saturated heterocycles. The van der Waals surface area contributed by atoms with E-state index in [0.29, 0.717) is 30.9 Å². The number of anilines is 3. The molecule has 3 rings (SSSR count). The fourth-order valence-corrected chi connectivity index (χ4v) is 4.58. The Morgan fingerprint density at radius 2 is 1.64 bits per heavy atom. The molecule has 0 bridgehead atoms. The van der Waals surface area contributed by atoms with Crippen molar-refractivity contribution in [2.45, 2.75) is 6.42 Å². The average molecular weight is 392 g/mol. The van der Waals surface area contributed by atoms with E-state index >= 15 is 0 Å². The zero-order valence-electron chi connectivity index (χ0n) is 13.5. The van der Waals surface area contributed by atoms with Gasteiger partial charge in [-0.1, -0.05) is 12.1 Å². The lowest BCUT2D eigenvalue weighted by molar-refractivity contribution is 0.483. The normalized spacial score (nSPS) is 16.4. The minimum atomic E-state index is -3.45. The quantitative estimate of drug-likeness (QED) is 0.653. The number of rotatable bonds is 5. The van der Waals surface area contributed by atoms with Gasteiger partial charge < -0.3 is 5.32 Å². The third-order valence-corrected chi connectivity index (χ3v) is 5.65. The Balaban J connectivity index is 0.00000225. The van der Waals surface area contributed by atoms with Gasteiger partial charge in [-0.05, 0) is 55.2 Å². The fourth-order valence-electron chi connectivity index (χ4n) is 2.79. The van der Waals surface area contributed by atoms with Gasteiger partial charge in [0.15, 0.2) is 0 Å². The predicted octanol–water partition coefficient (Wildman–Crippen LogP) is 4.53. The maximum atomic E-state index is 13.6. The Kier molecular flexibility index (Phi) is 6.12. The molecule has 1 aliphatic rings. The molecule has 0 unspecified atom stereocenters. The Bertz CT molecular complexity index is 731. The summed E-state index contributed by atoms with van der Waals surface area (Å²) in [7, 11) is -1.63. The largest absolute Gasteiger partial charge is 0.320 e. The second kappa shape index (κ2) is 7.76. The number of para-hydroxylation sites is 2. The summed E-state index contributed by atoms with van der Waals surface area (Å²) in [6.45, 7) is 1.11. The Morgan fingerprint density at radius 1 is 1.04 bits per heavy atom. The molecule has 138 valence electrons. The van der Waals surface area contributed by atoms with Crippen molar-refractivity contribution in [1.29, 1.82) is 0 Å². The summed E-state index contributed by atoms with van der Waals surface area (Å²) in [6.07, 6.45) is 0.687. The molecule has 5 nitrogen and oxygen atoms in total. The van der Waals surface area contributed by atoms with Crippen LogP contribution in [0.1, 0.15) is 6.42 Å². The zero-order valence-corrected chi connectivity index (χ0v) is 15.2. The molecule has 0 aliphatic carbocycles. The van der Waals surface area contributed by atoms with Crippen molar-refractivity contribution in [3.05, 3.63) is 54.1 Å². The van der Waals surface area contributed by atoms with Crippen LogP contribution in [-0.2, 0) is 0 Å². The van der Waals surface area contributed by atoms with Gasteiger partial charge in [-0.25, -0.2) is 13.1 Å². The predicted molar refractivity (Wildman–Crippen MR) is 101 cm³/mol. The van der Waals surface area contributed by atoms with Gasteiger partial charge in [0.1, 0.15) is 11.6 Å². The minimum Gasteiger partial charge on any atom is -0.320 e. The van der Waals surface area contributed by atoms with Gasteiger partial charge in [-0.15, -0.1) is 12.4 Å². The molecular weight excluding hydrogens is 372 g/mol. The van der Waals surface area contributed by atoms with E-state index in [-0.39, 0.29) is 18.1 Å². The number of nitrogens with one attached hydrogen (secondary N) is 1. The lowest BCUT2D eigenvalue weighted by Gasteiger charge is -2.43. The number of hydrogen-bond donors (Lipinski definition) is 3. The Hall–Kier alpha value is -1.58. The van der Waals surface area contributed by atoms with Crippen LogP contribution in [-0.4, -0.2) is 29.2 Å². The molecule has 1 heterocycles. The van der Waals surface area contributed by atoms with Crippen molar-refractivity contribution in [2.24, 2.45) is 0 Å². The van der Waals surface area contributed by atoms with Crippen LogP contribution in [0, 0.1) is 11.6 Å². The fraction of sp³-hybridized carbons (Fsp3) is 0.250. The van der Waals surface area contributed by atoms with Crippen molar-refractivity contribution in [2.75, 3.05) is 28.7 Å². The van der Waals surface area contributed by atoms with Crippen molar-refractivity contribution in [1.82, 2.24) is 5.32 Å². The lowest BCUT2D eigenvalue weighted by Crippen LogP contribution is -2.33.